The number of benzene rings is 2. The Balaban J connectivity index is 1.39. The summed E-state index contributed by atoms with van der Waals surface area (Å²) in [5, 5.41) is 5.19. The molecule has 0 saturated heterocycles. The number of Topliss-reactive ketones (excluding diaryl/α,β-unsaturated/α-hetero) is 1. The van der Waals surface area contributed by atoms with E-state index in [0.29, 0.717) is 17.3 Å². The normalized spacial score (nSPS) is 18.2. The van der Waals surface area contributed by atoms with Gasteiger partial charge in [-0.3, -0.25) is 9.36 Å². The van der Waals surface area contributed by atoms with Gasteiger partial charge in [-0.05, 0) is 73.4 Å². The Morgan fingerprint density at radius 2 is 1.83 bits per heavy atom. The van der Waals surface area contributed by atoms with Gasteiger partial charge in [0.15, 0.2) is 11.6 Å². The Morgan fingerprint density at radius 1 is 1.07 bits per heavy atom. The third-order valence-electron chi connectivity index (χ3n) is 6.18. The number of hydrogen-bond acceptors (Lipinski definition) is 3. The van der Waals surface area contributed by atoms with E-state index in [2.05, 4.69) is 23.3 Å². The van der Waals surface area contributed by atoms with Crippen LogP contribution in [0.25, 0.3) is 11.4 Å². The van der Waals surface area contributed by atoms with E-state index in [-0.39, 0.29) is 30.0 Å². The summed E-state index contributed by atoms with van der Waals surface area (Å²) in [4.78, 5) is 25.9. The van der Waals surface area contributed by atoms with Crippen LogP contribution in [0.2, 0.25) is 5.02 Å². The molecule has 1 saturated carbocycles. The summed E-state index contributed by atoms with van der Waals surface area (Å²) in [5.74, 6) is 0.913. The number of aromatic nitrogens is 3. The van der Waals surface area contributed by atoms with Crippen LogP contribution in [0.3, 0.4) is 0 Å². The molecule has 0 radical (unpaired) electrons. The first-order chi connectivity index (χ1) is 14.6. The van der Waals surface area contributed by atoms with Crippen molar-refractivity contribution < 1.29 is 4.79 Å². The van der Waals surface area contributed by atoms with E-state index < -0.39 is 0 Å². The predicted molar refractivity (Wildman–Crippen MR) is 117 cm³/mol. The average molecular weight is 422 g/mol. The maximum absolute atomic E-state index is 13.0. The number of hydrogen-bond donors (Lipinski definition) is 0. The number of rotatable bonds is 6. The second kappa shape index (κ2) is 7.88. The van der Waals surface area contributed by atoms with Crippen LogP contribution >= 0.6 is 11.6 Å². The van der Waals surface area contributed by atoms with Gasteiger partial charge >= 0.3 is 5.69 Å². The zero-order chi connectivity index (χ0) is 20.7. The van der Waals surface area contributed by atoms with Crippen LogP contribution in [-0.2, 0) is 17.8 Å². The monoisotopic (exact) mass is 421 g/mol. The maximum Gasteiger partial charge on any atom is 0.346 e. The summed E-state index contributed by atoms with van der Waals surface area (Å²) in [6, 6.07) is 15.9. The molecule has 1 aromatic heterocycles. The number of nitrogens with zero attached hydrogens (tertiary/aromatic N) is 3. The number of carbonyl (C=O) groups excluding carboxylic acids is 1. The first-order valence-electron chi connectivity index (χ1n) is 10.6. The molecule has 154 valence electrons. The lowest BCUT2D eigenvalue weighted by atomic mass is 9.80. The molecule has 30 heavy (non-hydrogen) atoms. The molecule has 2 aromatic carbocycles. The number of halogens is 1. The lowest BCUT2D eigenvalue weighted by molar-refractivity contribution is -0.120. The molecule has 5 nitrogen and oxygen atoms in total. The molecule has 1 heterocycles. The molecule has 2 aliphatic rings. The van der Waals surface area contributed by atoms with Gasteiger partial charge in [0.2, 0.25) is 0 Å². The Kier molecular flexibility index (Phi) is 5.07. The number of carbonyl (C=O) groups is 1. The van der Waals surface area contributed by atoms with Gasteiger partial charge in [-0.1, -0.05) is 35.9 Å². The van der Waals surface area contributed by atoms with Crippen LogP contribution in [0.15, 0.2) is 53.3 Å². The molecule has 3 aromatic rings. The van der Waals surface area contributed by atoms with Crippen molar-refractivity contribution in [2.45, 2.75) is 57.0 Å². The fourth-order valence-electron chi connectivity index (χ4n) is 4.55. The minimum absolute atomic E-state index is 0.0256. The summed E-state index contributed by atoms with van der Waals surface area (Å²) < 4.78 is 3.09. The second-order valence-electron chi connectivity index (χ2n) is 8.40. The molecule has 6 heteroatoms. The Hall–Kier alpha value is -2.66. The van der Waals surface area contributed by atoms with E-state index in [4.69, 9.17) is 11.6 Å². The van der Waals surface area contributed by atoms with Crippen molar-refractivity contribution in [3.63, 3.8) is 0 Å². The Morgan fingerprint density at radius 3 is 2.60 bits per heavy atom. The molecule has 0 amide bonds. The summed E-state index contributed by atoms with van der Waals surface area (Å²) in [7, 11) is 0. The zero-order valence-corrected chi connectivity index (χ0v) is 17.5. The summed E-state index contributed by atoms with van der Waals surface area (Å²) in [6.45, 7) is 0.0256. The fraction of sp³-hybridized carbons (Fsp3) is 0.375. The topological polar surface area (TPSA) is 56.9 Å². The molecule has 2 aliphatic carbocycles. The SMILES string of the molecule is O=C(CC1CCCc2ccccc21)Cn1nc(-c2ccc(Cl)cc2)n(C2CC2)c1=O. The first kappa shape index (κ1) is 19.3. The second-order valence-corrected chi connectivity index (χ2v) is 8.84. The van der Waals surface area contributed by atoms with Gasteiger partial charge in [-0.15, -0.1) is 5.10 Å². The van der Waals surface area contributed by atoms with Crippen LogP contribution < -0.4 is 5.69 Å². The average Bonchev–Trinajstić information content (AvgIpc) is 3.53. The lowest BCUT2D eigenvalue weighted by Gasteiger charge is -2.24. The molecule has 0 aliphatic heterocycles. The van der Waals surface area contributed by atoms with Gasteiger partial charge in [0.25, 0.3) is 0 Å². The van der Waals surface area contributed by atoms with E-state index in [0.717, 1.165) is 37.7 Å². The van der Waals surface area contributed by atoms with Gasteiger partial charge in [0.05, 0.1) is 0 Å². The van der Waals surface area contributed by atoms with Crippen molar-refractivity contribution in [2.24, 2.45) is 0 Å². The third-order valence-corrected chi connectivity index (χ3v) is 6.43. The van der Waals surface area contributed by atoms with Crippen LogP contribution in [0, 0.1) is 0 Å². The van der Waals surface area contributed by atoms with Crippen molar-refractivity contribution >= 4 is 17.4 Å². The van der Waals surface area contributed by atoms with Gasteiger partial charge < -0.3 is 0 Å². The number of aryl methyl sites for hydroxylation is 1. The highest BCUT2D eigenvalue weighted by Crippen LogP contribution is 2.37. The maximum atomic E-state index is 13.0. The summed E-state index contributed by atoms with van der Waals surface area (Å²) >= 11 is 6.01. The van der Waals surface area contributed by atoms with Crippen LogP contribution in [0.1, 0.15) is 55.2 Å². The zero-order valence-electron chi connectivity index (χ0n) is 16.8. The number of ketones is 1. The van der Waals surface area contributed by atoms with Gasteiger partial charge in [-0.25, -0.2) is 9.48 Å². The standard InChI is InChI=1S/C24H24ClN3O2/c25-19-10-8-17(9-11-19)23-26-27(24(30)28(23)20-12-13-20)15-21(29)14-18-6-3-5-16-4-1-2-7-22(16)18/h1-2,4,7-11,18,20H,3,5-6,12-15H2. The molecular weight excluding hydrogens is 398 g/mol. The molecule has 0 bridgehead atoms. The van der Waals surface area contributed by atoms with Crippen LogP contribution in [0.4, 0.5) is 0 Å². The molecule has 1 unspecified atom stereocenters. The quantitative estimate of drug-likeness (QED) is 0.575. The highest BCUT2D eigenvalue weighted by Gasteiger charge is 2.31. The van der Waals surface area contributed by atoms with E-state index in [9.17, 15) is 9.59 Å². The summed E-state index contributed by atoms with van der Waals surface area (Å²) in [6.07, 6.45) is 5.60. The van der Waals surface area contributed by atoms with E-state index >= 15 is 0 Å². The lowest BCUT2D eigenvalue weighted by Crippen LogP contribution is -2.28. The van der Waals surface area contributed by atoms with Crippen LogP contribution in [-0.4, -0.2) is 20.1 Å². The smallest absolute Gasteiger partial charge is 0.298 e. The van der Waals surface area contributed by atoms with Crippen molar-refractivity contribution in [1.29, 1.82) is 0 Å². The van der Waals surface area contributed by atoms with Crippen LogP contribution in [0.5, 0.6) is 0 Å². The fourth-order valence-corrected chi connectivity index (χ4v) is 4.68. The van der Waals surface area contributed by atoms with Crippen molar-refractivity contribution in [1.82, 2.24) is 14.3 Å². The molecule has 1 fully saturated rings. The van der Waals surface area contributed by atoms with Crippen molar-refractivity contribution in [3.05, 3.63) is 75.2 Å². The van der Waals surface area contributed by atoms with E-state index in [1.807, 2.05) is 18.2 Å². The van der Waals surface area contributed by atoms with Gasteiger partial charge in [0, 0.05) is 23.0 Å². The molecule has 1 atom stereocenters. The Labute approximate surface area is 180 Å². The molecule has 5 rings (SSSR count). The van der Waals surface area contributed by atoms with Gasteiger partial charge in [-0.2, -0.15) is 0 Å². The third kappa shape index (κ3) is 3.74. The molecule has 0 N–H and O–H groups in total. The highest BCUT2D eigenvalue weighted by molar-refractivity contribution is 6.30. The van der Waals surface area contributed by atoms with Crippen molar-refractivity contribution in [3.8, 4) is 11.4 Å². The largest absolute Gasteiger partial charge is 0.346 e. The van der Waals surface area contributed by atoms with E-state index in [1.54, 1.807) is 16.7 Å². The predicted octanol–water partition coefficient (Wildman–Crippen LogP) is 4.78. The van der Waals surface area contributed by atoms with Crippen molar-refractivity contribution in [2.75, 3.05) is 0 Å². The summed E-state index contributed by atoms with van der Waals surface area (Å²) in [5.41, 5.74) is 3.28. The molecular formula is C24H24ClN3O2. The first-order valence-corrected chi connectivity index (χ1v) is 11.0. The Bertz CT molecular complexity index is 1140. The highest BCUT2D eigenvalue weighted by atomic mass is 35.5. The minimum Gasteiger partial charge on any atom is -0.298 e. The van der Waals surface area contributed by atoms with E-state index in [1.165, 1.54) is 15.8 Å². The molecule has 0 spiro atoms. The number of fused-ring (bicyclic) bond motifs is 1. The minimum atomic E-state index is -0.195. The van der Waals surface area contributed by atoms with Gasteiger partial charge in [0.1, 0.15) is 6.54 Å².